The minimum Gasteiger partial charge on any atom is -0.383 e. The Morgan fingerprint density at radius 3 is 2.86 bits per heavy atom. The summed E-state index contributed by atoms with van der Waals surface area (Å²) in [7, 11) is 1.63. The van der Waals surface area contributed by atoms with E-state index in [0.717, 1.165) is 0 Å². The van der Waals surface area contributed by atoms with Crippen LogP contribution in [0.15, 0.2) is 23.3 Å². The number of amides is 1. The van der Waals surface area contributed by atoms with Crippen LogP contribution in [-0.4, -0.2) is 51.6 Å². The monoisotopic (exact) mass is 293 g/mol. The van der Waals surface area contributed by atoms with E-state index in [9.17, 15) is 10.0 Å². The number of pyridine rings is 1. The number of nitrogens with two attached hydrogens (primary N) is 1. The van der Waals surface area contributed by atoms with E-state index in [1.165, 1.54) is 18.1 Å². The van der Waals surface area contributed by atoms with E-state index in [0.29, 0.717) is 17.0 Å². The molecule has 1 aromatic heterocycles. The molecule has 1 atom stereocenters. The predicted molar refractivity (Wildman–Crippen MR) is 78.6 cm³/mol. The molecule has 9 nitrogen and oxygen atoms in total. The van der Waals surface area contributed by atoms with Crippen molar-refractivity contribution in [3.63, 3.8) is 0 Å². The number of anilines is 1. The van der Waals surface area contributed by atoms with E-state index in [4.69, 9.17) is 11.1 Å². The molecule has 0 aromatic carbocycles. The van der Waals surface area contributed by atoms with Crippen molar-refractivity contribution in [2.75, 3.05) is 12.8 Å². The number of carbonyl (C=O) groups excluding carboxylic acids is 1. The zero-order valence-electron chi connectivity index (χ0n) is 12.1. The Kier molecular flexibility index (Phi) is 5.76. The van der Waals surface area contributed by atoms with Crippen LogP contribution in [0, 0.1) is 5.41 Å². The summed E-state index contributed by atoms with van der Waals surface area (Å²) in [5.41, 5.74) is 8.69. The lowest BCUT2D eigenvalue weighted by atomic mass is 10.2. The fourth-order valence-electron chi connectivity index (χ4n) is 1.53. The van der Waals surface area contributed by atoms with Gasteiger partial charge in [-0.25, -0.2) is 15.0 Å². The van der Waals surface area contributed by atoms with Crippen LogP contribution in [-0.2, 0) is 4.79 Å². The molecule has 0 spiro atoms. The fraction of sp³-hybridized carbons (Fsp3) is 0.333. The molecule has 0 radical (unpaired) electrons. The summed E-state index contributed by atoms with van der Waals surface area (Å²) in [6.07, 6.45) is 1.70. The molecule has 0 saturated heterocycles. The van der Waals surface area contributed by atoms with Crippen molar-refractivity contribution in [3.05, 3.63) is 23.9 Å². The lowest BCUT2D eigenvalue weighted by Crippen LogP contribution is -2.44. The van der Waals surface area contributed by atoms with Gasteiger partial charge in [0.25, 0.3) is 0 Å². The quantitative estimate of drug-likeness (QED) is 0.344. The lowest BCUT2D eigenvalue weighted by Gasteiger charge is -2.24. The second-order valence-electron chi connectivity index (χ2n) is 4.27. The summed E-state index contributed by atoms with van der Waals surface area (Å²) in [5.74, 6) is -0.0123. The number of hydrogen-bond acceptors (Lipinski definition) is 7. The average Bonchev–Trinajstić information content (AvgIpc) is 2.43. The Labute approximate surface area is 122 Å². The molecule has 1 amide bonds. The Bertz CT molecular complexity index is 546. The molecule has 1 aromatic rings. The third kappa shape index (κ3) is 4.51. The molecule has 1 rings (SSSR count). The SMILES string of the molecule is CC(=O)NN(C)C(C)N=C(c1cccnc1N)N(O)C=N. The van der Waals surface area contributed by atoms with Crippen LogP contribution in [0.1, 0.15) is 19.4 Å². The Balaban J connectivity index is 3.14. The molecule has 1 unspecified atom stereocenters. The number of hydrazine groups is 1. The van der Waals surface area contributed by atoms with Crippen LogP contribution in [0.3, 0.4) is 0 Å². The van der Waals surface area contributed by atoms with E-state index < -0.39 is 6.17 Å². The molecule has 114 valence electrons. The third-order valence-corrected chi connectivity index (χ3v) is 2.62. The van der Waals surface area contributed by atoms with Gasteiger partial charge in [-0.1, -0.05) is 0 Å². The third-order valence-electron chi connectivity index (χ3n) is 2.62. The minimum absolute atomic E-state index is 0.0558. The van der Waals surface area contributed by atoms with Gasteiger partial charge in [0.15, 0.2) is 5.84 Å². The van der Waals surface area contributed by atoms with Gasteiger partial charge in [-0.2, -0.15) is 5.06 Å². The van der Waals surface area contributed by atoms with E-state index in [1.807, 2.05) is 0 Å². The normalized spacial score (nSPS) is 12.9. The van der Waals surface area contributed by atoms with Crippen LogP contribution in [0.5, 0.6) is 0 Å². The number of aliphatic imine (C=N–C) groups is 1. The summed E-state index contributed by atoms with van der Waals surface area (Å²) in [5, 5.41) is 18.9. The van der Waals surface area contributed by atoms with Gasteiger partial charge in [0.05, 0.1) is 5.56 Å². The second kappa shape index (κ2) is 7.31. The summed E-state index contributed by atoms with van der Waals surface area (Å²) in [6.45, 7) is 3.09. The summed E-state index contributed by atoms with van der Waals surface area (Å²) < 4.78 is 0. The van der Waals surface area contributed by atoms with Crippen LogP contribution < -0.4 is 11.2 Å². The highest BCUT2D eigenvalue weighted by Gasteiger charge is 2.17. The zero-order valence-corrected chi connectivity index (χ0v) is 12.1. The number of rotatable bonds is 5. The van der Waals surface area contributed by atoms with Crippen LogP contribution in [0.25, 0.3) is 0 Å². The number of hydrogen-bond donors (Lipinski definition) is 4. The first kappa shape index (κ1) is 16.5. The smallest absolute Gasteiger partial charge is 0.231 e. The van der Waals surface area contributed by atoms with Crippen molar-refractivity contribution in [2.24, 2.45) is 4.99 Å². The molecule has 0 aliphatic carbocycles. The molecule has 0 aliphatic heterocycles. The summed E-state index contributed by atoms with van der Waals surface area (Å²) in [6, 6.07) is 3.26. The van der Waals surface area contributed by atoms with E-state index >= 15 is 0 Å². The average molecular weight is 293 g/mol. The maximum atomic E-state index is 11.0. The zero-order chi connectivity index (χ0) is 16.0. The molecule has 0 bridgehead atoms. The number of nitrogen functional groups attached to an aromatic ring is 1. The van der Waals surface area contributed by atoms with Crippen molar-refractivity contribution < 1.29 is 10.0 Å². The highest BCUT2D eigenvalue weighted by Crippen LogP contribution is 2.12. The molecule has 1 heterocycles. The van der Waals surface area contributed by atoms with Crippen LogP contribution >= 0.6 is 0 Å². The molecule has 0 aliphatic rings. The lowest BCUT2D eigenvalue weighted by molar-refractivity contribution is -0.123. The maximum Gasteiger partial charge on any atom is 0.231 e. The molecular weight excluding hydrogens is 274 g/mol. The minimum atomic E-state index is -0.502. The number of carbonyl (C=O) groups is 1. The first-order valence-corrected chi connectivity index (χ1v) is 6.14. The van der Waals surface area contributed by atoms with Gasteiger partial charge in [0.1, 0.15) is 18.3 Å². The van der Waals surface area contributed by atoms with Gasteiger partial charge in [0.2, 0.25) is 5.91 Å². The Hall–Kier alpha value is -2.52. The van der Waals surface area contributed by atoms with Gasteiger partial charge < -0.3 is 5.73 Å². The maximum absolute atomic E-state index is 11.0. The standard InChI is InChI=1S/C12H19N7O2/c1-8(18(3)17-9(2)20)16-12(19(21)7-13)10-5-4-6-15-11(10)14/h4-8,13,21H,1-3H3,(H2,14,15)(H,17,20). The van der Waals surface area contributed by atoms with Gasteiger partial charge in [-0.15, -0.1) is 0 Å². The summed E-state index contributed by atoms with van der Waals surface area (Å²) in [4.78, 5) is 19.2. The van der Waals surface area contributed by atoms with Gasteiger partial charge in [-0.3, -0.25) is 20.8 Å². The van der Waals surface area contributed by atoms with Gasteiger partial charge >= 0.3 is 0 Å². The highest BCUT2D eigenvalue weighted by atomic mass is 16.5. The van der Waals surface area contributed by atoms with E-state index in [-0.39, 0.29) is 17.6 Å². The topological polar surface area (TPSA) is 131 Å². The number of nitrogens with zero attached hydrogens (tertiary/aromatic N) is 4. The van der Waals surface area contributed by atoms with Crippen LogP contribution in [0.2, 0.25) is 0 Å². The Morgan fingerprint density at radius 1 is 1.67 bits per heavy atom. The molecule has 5 N–H and O–H groups in total. The second-order valence-corrected chi connectivity index (χ2v) is 4.27. The van der Waals surface area contributed by atoms with Crippen molar-refractivity contribution >= 4 is 23.9 Å². The van der Waals surface area contributed by atoms with E-state index in [1.54, 1.807) is 26.1 Å². The molecular formula is C12H19N7O2. The van der Waals surface area contributed by atoms with E-state index in [2.05, 4.69) is 15.4 Å². The number of hydroxylamine groups is 2. The number of nitrogens with one attached hydrogen (secondary N) is 2. The largest absolute Gasteiger partial charge is 0.383 e. The van der Waals surface area contributed by atoms with Crippen LogP contribution in [0.4, 0.5) is 5.82 Å². The van der Waals surface area contributed by atoms with Gasteiger partial charge in [-0.05, 0) is 19.1 Å². The number of aromatic nitrogens is 1. The van der Waals surface area contributed by atoms with Gasteiger partial charge in [0, 0.05) is 20.2 Å². The first-order chi connectivity index (χ1) is 9.86. The highest BCUT2D eigenvalue weighted by molar-refractivity contribution is 6.06. The summed E-state index contributed by atoms with van der Waals surface area (Å²) >= 11 is 0. The predicted octanol–water partition coefficient (Wildman–Crippen LogP) is 0.0376. The molecule has 0 saturated carbocycles. The fourth-order valence-corrected chi connectivity index (χ4v) is 1.53. The number of amidine groups is 1. The first-order valence-electron chi connectivity index (χ1n) is 6.14. The van der Waals surface area contributed by atoms with Crippen molar-refractivity contribution in [3.8, 4) is 0 Å². The Morgan fingerprint density at radius 2 is 2.33 bits per heavy atom. The molecule has 0 fully saturated rings. The van der Waals surface area contributed by atoms with Crippen molar-refractivity contribution in [1.29, 1.82) is 5.41 Å². The van der Waals surface area contributed by atoms with Crippen molar-refractivity contribution in [1.82, 2.24) is 20.5 Å². The molecule has 9 heteroatoms. The van der Waals surface area contributed by atoms with Crippen molar-refractivity contribution in [2.45, 2.75) is 20.0 Å². The molecule has 21 heavy (non-hydrogen) atoms.